The van der Waals surface area contributed by atoms with Crippen molar-refractivity contribution in [1.29, 1.82) is 0 Å². The minimum absolute atomic E-state index is 0.131. The molecule has 0 saturated carbocycles. The Hall–Kier alpha value is -0.870. The average molecular weight is 312 g/mol. The maximum atomic E-state index is 12.5. The number of benzene rings is 1. The molecule has 1 aromatic carbocycles. The monoisotopic (exact) mass is 312 g/mol. The molecule has 0 saturated heterocycles. The van der Waals surface area contributed by atoms with Crippen LogP contribution in [-0.2, 0) is 14.3 Å². The van der Waals surface area contributed by atoms with Gasteiger partial charge in [-0.25, -0.2) is 0 Å². The molecule has 120 valence electrons. The fourth-order valence-electron chi connectivity index (χ4n) is 2.39. The highest BCUT2D eigenvalue weighted by Gasteiger charge is 2.27. The fraction of sp³-hybridized carbons (Fsp3) is 0.647. The molecule has 1 rings (SSSR count). The summed E-state index contributed by atoms with van der Waals surface area (Å²) in [6, 6.07) is 4.04. The van der Waals surface area contributed by atoms with Crippen LogP contribution in [-0.4, -0.2) is 15.0 Å². The van der Waals surface area contributed by atoms with Crippen molar-refractivity contribution in [1.82, 2.24) is 0 Å². The Labute approximate surface area is 129 Å². The molecule has 3 nitrogen and oxygen atoms in total. The van der Waals surface area contributed by atoms with E-state index in [1.165, 1.54) is 5.56 Å². The Morgan fingerprint density at radius 3 is 1.62 bits per heavy atom. The molecule has 0 atom stereocenters. The van der Waals surface area contributed by atoms with Crippen molar-refractivity contribution in [2.24, 2.45) is 0 Å². The smallest absolute Gasteiger partial charge is 0.267 e. The summed E-state index contributed by atoms with van der Waals surface area (Å²) in [4.78, 5) is 0.374. The maximum Gasteiger partial charge on any atom is 0.297 e. The van der Waals surface area contributed by atoms with E-state index in [1.807, 2.05) is 39.8 Å². The average Bonchev–Trinajstić information content (AvgIpc) is 2.36. The van der Waals surface area contributed by atoms with Crippen molar-refractivity contribution in [3.05, 3.63) is 28.8 Å². The van der Waals surface area contributed by atoms with Crippen molar-refractivity contribution in [3.8, 4) is 0 Å². The summed E-state index contributed by atoms with van der Waals surface area (Å²) in [5.41, 5.74) is 2.90. The molecular weight excluding hydrogens is 284 g/mol. The van der Waals surface area contributed by atoms with E-state index in [4.69, 9.17) is 4.18 Å². The zero-order chi connectivity index (χ0) is 16.4. The second kappa shape index (κ2) is 6.93. The molecule has 0 spiro atoms. The van der Waals surface area contributed by atoms with Gasteiger partial charge in [0.05, 0.1) is 6.61 Å². The van der Waals surface area contributed by atoms with Gasteiger partial charge in [0.2, 0.25) is 0 Å². The summed E-state index contributed by atoms with van der Waals surface area (Å²) >= 11 is 0. The van der Waals surface area contributed by atoms with Crippen LogP contribution in [0.5, 0.6) is 0 Å². The van der Waals surface area contributed by atoms with E-state index in [9.17, 15) is 8.42 Å². The van der Waals surface area contributed by atoms with Crippen LogP contribution in [0.25, 0.3) is 0 Å². The molecule has 4 heteroatoms. The number of hydrogen-bond donors (Lipinski definition) is 0. The largest absolute Gasteiger partial charge is 0.297 e. The lowest BCUT2D eigenvalue weighted by Gasteiger charge is -2.22. The van der Waals surface area contributed by atoms with E-state index in [2.05, 4.69) is 13.8 Å². The Bertz CT molecular complexity index is 555. The highest BCUT2D eigenvalue weighted by Crippen LogP contribution is 2.35. The molecule has 21 heavy (non-hydrogen) atoms. The predicted molar refractivity (Wildman–Crippen MR) is 87.5 cm³/mol. The first-order valence-electron chi connectivity index (χ1n) is 7.68. The molecule has 0 aliphatic heterocycles. The highest BCUT2D eigenvalue weighted by atomic mass is 32.2. The van der Waals surface area contributed by atoms with E-state index in [-0.39, 0.29) is 18.4 Å². The van der Waals surface area contributed by atoms with Gasteiger partial charge in [-0.15, -0.1) is 0 Å². The predicted octanol–water partition coefficient (Wildman–Crippen LogP) is 4.78. The summed E-state index contributed by atoms with van der Waals surface area (Å²) in [5.74, 6) is 0.627. The molecule has 0 N–H and O–H groups in total. The van der Waals surface area contributed by atoms with Crippen LogP contribution in [0, 0.1) is 0 Å². The summed E-state index contributed by atoms with van der Waals surface area (Å²) in [5, 5.41) is 0. The molecular formula is C17H28O3S. The van der Waals surface area contributed by atoms with E-state index in [1.54, 1.807) is 6.92 Å². The Kier molecular flexibility index (Phi) is 6.00. The second-order valence-electron chi connectivity index (χ2n) is 6.35. The van der Waals surface area contributed by atoms with E-state index in [0.29, 0.717) is 10.8 Å². The van der Waals surface area contributed by atoms with Crippen LogP contribution in [0.3, 0.4) is 0 Å². The van der Waals surface area contributed by atoms with Gasteiger partial charge >= 0.3 is 0 Å². The van der Waals surface area contributed by atoms with E-state index in [0.717, 1.165) is 11.1 Å². The number of hydrogen-bond acceptors (Lipinski definition) is 3. The standard InChI is InChI=1S/C17H28O3S/c1-8-20-21(18,19)17-15(12(4)5)9-14(11(2)3)10-16(17)13(6)7/h9-13H,8H2,1-7H3. The second-order valence-corrected chi connectivity index (χ2v) is 7.91. The first-order chi connectivity index (χ1) is 9.61. The summed E-state index contributed by atoms with van der Waals surface area (Å²) in [6.45, 7) is 14.2. The summed E-state index contributed by atoms with van der Waals surface area (Å²) in [6.07, 6.45) is 0. The first-order valence-corrected chi connectivity index (χ1v) is 9.09. The molecule has 1 aromatic rings. The normalized spacial score (nSPS) is 12.7. The van der Waals surface area contributed by atoms with Crippen LogP contribution in [0.1, 0.15) is 82.9 Å². The fourth-order valence-corrected chi connectivity index (χ4v) is 3.99. The Morgan fingerprint density at radius 2 is 1.33 bits per heavy atom. The summed E-state index contributed by atoms with van der Waals surface area (Å²) in [7, 11) is -3.70. The van der Waals surface area contributed by atoms with Crippen LogP contribution in [0.2, 0.25) is 0 Å². The highest BCUT2D eigenvalue weighted by molar-refractivity contribution is 7.86. The minimum Gasteiger partial charge on any atom is -0.267 e. The first kappa shape index (κ1) is 18.2. The Balaban J connectivity index is 3.74. The molecule has 0 aliphatic rings. The lowest BCUT2D eigenvalue weighted by Crippen LogP contribution is -2.15. The van der Waals surface area contributed by atoms with Crippen LogP contribution in [0.4, 0.5) is 0 Å². The lowest BCUT2D eigenvalue weighted by molar-refractivity contribution is 0.336. The van der Waals surface area contributed by atoms with Gasteiger partial charge in [-0.3, -0.25) is 4.18 Å². The quantitative estimate of drug-likeness (QED) is 0.710. The third-order valence-corrected chi connectivity index (χ3v) is 5.12. The Morgan fingerprint density at radius 1 is 0.905 bits per heavy atom. The van der Waals surface area contributed by atoms with Crippen LogP contribution >= 0.6 is 0 Å². The maximum absolute atomic E-state index is 12.5. The van der Waals surface area contributed by atoms with Gasteiger partial charge in [-0.2, -0.15) is 8.42 Å². The van der Waals surface area contributed by atoms with Crippen molar-refractivity contribution in [2.75, 3.05) is 6.61 Å². The molecule has 0 unspecified atom stereocenters. The van der Waals surface area contributed by atoms with Gasteiger partial charge in [0.25, 0.3) is 10.1 Å². The molecule has 0 aromatic heterocycles. The van der Waals surface area contributed by atoms with Crippen LogP contribution in [0.15, 0.2) is 17.0 Å². The molecule has 0 bridgehead atoms. The molecule has 0 heterocycles. The van der Waals surface area contributed by atoms with Gasteiger partial charge in [-0.05, 0) is 41.4 Å². The zero-order valence-corrected chi connectivity index (χ0v) is 15.0. The molecule has 0 aliphatic carbocycles. The lowest BCUT2D eigenvalue weighted by atomic mass is 9.89. The van der Waals surface area contributed by atoms with E-state index >= 15 is 0 Å². The van der Waals surface area contributed by atoms with Gasteiger partial charge in [0, 0.05) is 0 Å². The van der Waals surface area contributed by atoms with Crippen molar-refractivity contribution < 1.29 is 12.6 Å². The SMILES string of the molecule is CCOS(=O)(=O)c1c(C(C)C)cc(C(C)C)cc1C(C)C. The van der Waals surface area contributed by atoms with Crippen molar-refractivity contribution in [2.45, 2.75) is 71.1 Å². The van der Waals surface area contributed by atoms with Gasteiger partial charge in [0.1, 0.15) is 4.90 Å². The van der Waals surface area contributed by atoms with Gasteiger partial charge in [0.15, 0.2) is 0 Å². The third-order valence-electron chi connectivity index (χ3n) is 3.60. The van der Waals surface area contributed by atoms with E-state index < -0.39 is 10.1 Å². The zero-order valence-electron chi connectivity index (χ0n) is 14.2. The van der Waals surface area contributed by atoms with Crippen molar-refractivity contribution >= 4 is 10.1 Å². The molecule has 0 amide bonds. The van der Waals surface area contributed by atoms with Crippen molar-refractivity contribution in [3.63, 3.8) is 0 Å². The van der Waals surface area contributed by atoms with Gasteiger partial charge < -0.3 is 0 Å². The number of rotatable bonds is 6. The topological polar surface area (TPSA) is 43.4 Å². The minimum atomic E-state index is -3.70. The molecule has 0 fully saturated rings. The molecule has 0 radical (unpaired) electrons. The van der Waals surface area contributed by atoms with Crippen LogP contribution < -0.4 is 0 Å². The summed E-state index contributed by atoms with van der Waals surface area (Å²) < 4.78 is 30.2. The third kappa shape index (κ3) is 4.07. The van der Waals surface area contributed by atoms with Gasteiger partial charge in [-0.1, -0.05) is 53.7 Å².